The highest BCUT2D eigenvalue weighted by molar-refractivity contribution is 6.22. The van der Waals surface area contributed by atoms with Gasteiger partial charge in [0.25, 0.3) is 0 Å². The Morgan fingerprint density at radius 3 is 2.38 bits per heavy atom. The Labute approximate surface area is 131 Å². The minimum atomic E-state index is -0.202. The average Bonchev–Trinajstić information content (AvgIpc) is 2.46. The van der Waals surface area contributed by atoms with E-state index in [1.165, 1.54) is 0 Å². The van der Waals surface area contributed by atoms with E-state index in [0.717, 1.165) is 28.2 Å². The van der Waals surface area contributed by atoms with E-state index in [0.29, 0.717) is 0 Å². The third-order valence-corrected chi connectivity index (χ3v) is 3.76. The maximum absolute atomic E-state index is 6.64. The summed E-state index contributed by atoms with van der Waals surface area (Å²) in [5.74, 6) is 1.69. The van der Waals surface area contributed by atoms with E-state index in [1.54, 1.807) is 7.11 Å². The number of alkyl halides is 1. The molecule has 0 aliphatic carbocycles. The van der Waals surface area contributed by atoms with Crippen molar-refractivity contribution in [3.8, 4) is 11.5 Å². The number of hydrogen-bond acceptors (Lipinski definition) is 2. The summed E-state index contributed by atoms with van der Waals surface area (Å²) in [6.45, 7) is 6.07. The van der Waals surface area contributed by atoms with Gasteiger partial charge in [0, 0.05) is 0 Å². The average molecular weight is 305 g/mol. The van der Waals surface area contributed by atoms with Crippen molar-refractivity contribution in [3.63, 3.8) is 0 Å². The number of hydrogen-bond donors (Lipinski definition) is 0. The SMILES string of the molecule is COc1ccc(C(Cl)c2cccc(OC(C)C)c2)c(C)c1. The van der Waals surface area contributed by atoms with Crippen molar-refractivity contribution < 1.29 is 9.47 Å². The summed E-state index contributed by atoms with van der Waals surface area (Å²) < 4.78 is 11.0. The van der Waals surface area contributed by atoms with Crippen molar-refractivity contribution in [3.05, 3.63) is 59.2 Å². The monoisotopic (exact) mass is 304 g/mol. The fourth-order valence-corrected chi connectivity index (χ4v) is 2.64. The van der Waals surface area contributed by atoms with E-state index in [9.17, 15) is 0 Å². The first-order valence-corrected chi connectivity index (χ1v) is 7.50. The van der Waals surface area contributed by atoms with Crippen LogP contribution >= 0.6 is 11.6 Å². The lowest BCUT2D eigenvalue weighted by Crippen LogP contribution is -2.06. The van der Waals surface area contributed by atoms with E-state index < -0.39 is 0 Å². The molecule has 21 heavy (non-hydrogen) atoms. The lowest BCUT2D eigenvalue weighted by Gasteiger charge is -2.16. The van der Waals surface area contributed by atoms with Crippen LogP contribution in [-0.2, 0) is 0 Å². The molecule has 1 unspecified atom stereocenters. The van der Waals surface area contributed by atoms with E-state index in [2.05, 4.69) is 0 Å². The Balaban J connectivity index is 2.29. The number of halogens is 1. The smallest absolute Gasteiger partial charge is 0.120 e. The molecule has 2 rings (SSSR count). The molecule has 0 radical (unpaired) electrons. The second kappa shape index (κ2) is 6.86. The lowest BCUT2D eigenvalue weighted by atomic mass is 9.99. The third kappa shape index (κ3) is 3.92. The Hall–Kier alpha value is -1.67. The van der Waals surface area contributed by atoms with Crippen LogP contribution in [0.5, 0.6) is 11.5 Å². The van der Waals surface area contributed by atoms with Crippen LogP contribution in [0.25, 0.3) is 0 Å². The van der Waals surface area contributed by atoms with Crippen LogP contribution in [0.2, 0.25) is 0 Å². The molecule has 112 valence electrons. The molecule has 0 saturated carbocycles. The van der Waals surface area contributed by atoms with Gasteiger partial charge in [-0.2, -0.15) is 0 Å². The first-order valence-electron chi connectivity index (χ1n) is 7.06. The fraction of sp³-hybridized carbons (Fsp3) is 0.333. The lowest BCUT2D eigenvalue weighted by molar-refractivity contribution is 0.242. The Kier molecular flexibility index (Phi) is 5.13. The molecule has 0 aliphatic rings. The zero-order chi connectivity index (χ0) is 15.4. The summed E-state index contributed by atoms with van der Waals surface area (Å²) >= 11 is 6.64. The molecule has 0 saturated heterocycles. The maximum atomic E-state index is 6.64. The summed E-state index contributed by atoms with van der Waals surface area (Å²) in [7, 11) is 1.67. The molecule has 0 aliphatic heterocycles. The topological polar surface area (TPSA) is 18.5 Å². The zero-order valence-electron chi connectivity index (χ0n) is 12.9. The molecule has 2 nitrogen and oxygen atoms in total. The van der Waals surface area contributed by atoms with E-state index in [4.69, 9.17) is 21.1 Å². The zero-order valence-corrected chi connectivity index (χ0v) is 13.6. The summed E-state index contributed by atoms with van der Waals surface area (Å²) in [5, 5.41) is -0.202. The molecule has 0 fully saturated rings. The third-order valence-electron chi connectivity index (χ3n) is 3.27. The fourth-order valence-electron chi connectivity index (χ4n) is 2.26. The minimum Gasteiger partial charge on any atom is -0.497 e. The molecule has 0 amide bonds. The van der Waals surface area contributed by atoms with Gasteiger partial charge in [0.05, 0.1) is 18.6 Å². The number of methoxy groups -OCH3 is 1. The largest absolute Gasteiger partial charge is 0.497 e. The van der Waals surface area contributed by atoms with Crippen LogP contribution in [0, 0.1) is 6.92 Å². The van der Waals surface area contributed by atoms with Crippen molar-refractivity contribution in [2.75, 3.05) is 7.11 Å². The van der Waals surface area contributed by atoms with Crippen LogP contribution in [0.4, 0.5) is 0 Å². The standard InChI is InChI=1S/C18H21ClO2/c1-12(2)21-16-7-5-6-14(11-16)18(19)17-9-8-15(20-4)10-13(17)3/h5-12,18H,1-4H3. The van der Waals surface area contributed by atoms with E-state index in [1.807, 2.05) is 63.2 Å². The van der Waals surface area contributed by atoms with Gasteiger partial charge in [-0.15, -0.1) is 11.6 Å². The summed E-state index contributed by atoms with van der Waals surface area (Å²) in [4.78, 5) is 0. The van der Waals surface area contributed by atoms with Gasteiger partial charge in [-0.25, -0.2) is 0 Å². The van der Waals surface area contributed by atoms with Gasteiger partial charge >= 0.3 is 0 Å². The first kappa shape index (κ1) is 15.7. The molecule has 0 aromatic heterocycles. The first-order chi connectivity index (χ1) is 10.0. The van der Waals surface area contributed by atoms with E-state index >= 15 is 0 Å². The minimum absolute atomic E-state index is 0.150. The van der Waals surface area contributed by atoms with Crippen molar-refractivity contribution >= 4 is 11.6 Å². The predicted octanol–water partition coefficient (Wildman–Crippen LogP) is 5.12. The van der Waals surface area contributed by atoms with Crippen LogP contribution < -0.4 is 9.47 Å². The summed E-state index contributed by atoms with van der Waals surface area (Å²) in [5.41, 5.74) is 3.23. The van der Waals surface area contributed by atoms with Gasteiger partial charge in [-0.1, -0.05) is 18.2 Å². The second-order valence-corrected chi connectivity index (χ2v) is 5.76. The molecule has 2 aromatic carbocycles. The molecule has 0 bridgehead atoms. The normalized spacial score (nSPS) is 12.3. The highest BCUT2D eigenvalue weighted by Crippen LogP contribution is 2.34. The molecule has 0 N–H and O–H groups in total. The second-order valence-electron chi connectivity index (χ2n) is 5.32. The molecule has 3 heteroatoms. The maximum Gasteiger partial charge on any atom is 0.120 e. The molecular formula is C18H21ClO2. The number of benzene rings is 2. The molecule has 2 aromatic rings. The predicted molar refractivity (Wildman–Crippen MR) is 87.6 cm³/mol. The van der Waals surface area contributed by atoms with Crippen molar-refractivity contribution in [2.45, 2.75) is 32.3 Å². The van der Waals surface area contributed by atoms with Gasteiger partial charge in [-0.05, 0) is 61.7 Å². The molecule has 1 atom stereocenters. The van der Waals surface area contributed by atoms with Crippen molar-refractivity contribution in [2.24, 2.45) is 0 Å². The Morgan fingerprint density at radius 2 is 1.76 bits per heavy atom. The van der Waals surface area contributed by atoms with Gasteiger partial charge in [-0.3, -0.25) is 0 Å². The van der Waals surface area contributed by atoms with Crippen LogP contribution in [0.15, 0.2) is 42.5 Å². The van der Waals surface area contributed by atoms with Gasteiger partial charge < -0.3 is 9.47 Å². The van der Waals surface area contributed by atoms with Gasteiger partial charge in [0.2, 0.25) is 0 Å². The van der Waals surface area contributed by atoms with Crippen LogP contribution in [0.1, 0.15) is 35.9 Å². The number of aryl methyl sites for hydroxylation is 1. The highest BCUT2D eigenvalue weighted by atomic mass is 35.5. The quantitative estimate of drug-likeness (QED) is 0.714. The van der Waals surface area contributed by atoms with Gasteiger partial charge in [0.1, 0.15) is 11.5 Å². The highest BCUT2D eigenvalue weighted by Gasteiger charge is 2.14. The van der Waals surface area contributed by atoms with Crippen LogP contribution in [0.3, 0.4) is 0 Å². The molecule has 0 heterocycles. The van der Waals surface area contributed by atoms with E-state index in [-0.39, 0.29) is 11.5 Å². The van der Waals surface area contributed by atoms with Crippen molar-refractivity contribution in [1.82, 2.24) is 0 Å². The summed E-state index contributed by atoms with van der Waals surface area (Å²) in [6, 6.07) is 13.9. The number of rotatable bonds is 5. The molecule has 0 spiro atoms. The summed E-state index contributed by atoms with van der Waals surface area (Å²) in [6.07, 6.45) is 0.150. The Bertz CT molecular complexity index is 608. The molecular weight excluding hydrogens is 284 g/mol. The number of ether oxygens (including phenoxy) is 2. The van der Waals surface area contributed by atoms with Crippen molar-refractivity contribution in [1.29, 1.82) is 0 Å². The van der Waals surface area contributed by atoms with Gasteiger partial charge in [0.15, 0.2) is 0 Å². The van der Waals surface area contributed by atoms with Crippen LogP contribution in [-0.4, -0.2) is 13.2 Å². The Morgan fingerprint density at radius 1 is 1.00 bits per heavy atom.